The van der Waals surface area contributed by atoms with Gasteiger partial charge < -0.3 is 69.4 Å². The highest BCUT2D eigenvalue weighted by molar-refractivity contribution is 7.47. The number of rotatable bonds is 26. The summed E-state index contributed by atoms with van der Waals surface area (Å²) >= 11 is 0. The van der Waals surface area contributed by atoms with Gasteiger partial charge in [0.15, 0.2) is 6.23 Å². The molecule has 0 radical (unpaired) electrons. The van der Waals surface area contributed by atoms with Gasteiger partial charge in [-0.15, -0.1) is 0 Å². The fraction of sp³-hybridized carbons (Fsp3) is 0.661. The van der Waals surface area contributed by atoms with Crippen molar-refractivity contribution in [1.82, 2.24) is 20.2 Å². The Labute approximate surface area is 492 Å². The van der Waals surface area contributed by atoms with E-state index in [9.17, 15) is 57.6 Å². The Morgan fingerprint density at radius 3 is 2.00 bits per heavy atom. The third kappa shape index (κ3) is 13.0. The molecule has 6 aliphatic heterocycles. The second-order valence-electron chi connectivity index (χ2n) is 25.1. The van der Waals surface area contributed by atoms with Crippen LogP contribution >= 0.6 is 7.82 Å². The van der Waals surface area contributed by atoms with E-state index in [1.54, 1.807) is 6.92 Å². The summed E-state index contributed by atoms with van der Waals surface area (Å²) in [5.74, 6) is -8.19. The van der Waals surface area contributed by atoms with Crippen molar-refractivity contribution in [1.29, 1.82) is 0 Å². The number of fused-ring (bicyclic) bond motifs is 6. The number of phosphoric acid groups is 1. The molecule has 1 unspecified atom stereocenters. The largest absolute Gasteiger partial charge is 0.472 e. The Morgan fingerprint density at radius 1 is 0.847 bits per heavy atom. The number of primary amides is 6. The highest BCUT2D eigenvalue weighted by atomic mass is 31.2. The maximum absolute atomic E-state index is 14.2. The fourth-order valence-electron chi connectivity index (χ4n) is 14.4. The van der Waals surface area contributed by atoms with Crippen molar-refractivity contribution in [3.8, 4) is 0 Å². The van der Waals surface area contributed by atoms with Crippen LogP contribution in [-0.2, 0) is 51.9 Å². The van der Waals surface area contributed by atoms with Crippen molar-refractivity contribution < 1.29 is 71.4 Å². The van der Waals surface area contributed by atoms with E-state index >= 15 is 0 Å². The Bertz CT molecular complexity index is 3140. The number of aliphatic hydroxyl groups excluding tert-OH is 2. The summed E-state index contributed by atoms with van der Waals surface area (Å²) in [6.07, 6.45) is -4.42. The lowest BCUT2D eigenvalue weighted by molar-refractivity contribution is -0.124. The summed E-state index contributed by atoms with van der Waals surface area (Å²) in [5.41, 5.74) is 33.9. The smallest absolute Gasteiger partial charge is 0.394 e. The summed E-state index contributed by atoms with van der Waals surface area (Å²) in [6, 6.07) is -1.05. The molecule has 2 saturated heterocycles. The highest BCUT2D eigenvalue weighted by Crippen LogP contribution is 2.62. The lowest BCUT2D eigenvalue weighted by Gasteiger charge is -2.48. The molecule has 7 heterocycles. The monoisotopic (exact) mass is 1210 g/mol. The molecule has 468 valence electrons. The first kappa shape index (κ1) is 66.0. The summed E-state index contributed by atoms with van der Waals surface area (Å²) in [4.78, 5) is 124. The Hall–Kier alpha value is -6.55. The molecule has 17 N–H and O–H groups in total. The Kier molecular flexibility index (Phi) is 19.2. The highest BCUT2D eigenvalue weighted by Gasteiger charge is 2.66. The van der Waals surface area contributed by atoms with Gasteiger partial charge in [0.25, 0.3) is 0 Å². The number of nitrogens with one attached hydrogen (secondary N) is 2. The molecule has 7 rings (SSSR count). The molecule has 1 aromatic heterocycles. The van der Waals surface area contributed by atoms with Gasteiger partial charge in [0.05, 0.1) is 30.5 Å². The number of hydrogen-bond donors (Lipinski definition) is 11. The second-order valence-corrected chi connectivity index (χ2v) is 26.5. The maximum atomic E-state index is 14.2. The number of aliphatic hydroxyl groups is 2. The minimum absolute atomic E-state index is 0.0298. The van der Waals surface area contributed by atoms with Crippen LogP contribution < -0.4 is 45.0 Å². The molecular formula is C56H83FN13O14P. The summed E-state index contributed by atoms with van der Waals surface area (Å²) < 4.78 is 44.4. The SMILES string of the molecule is C/C1=C2N=C(/C=C3\N/C(=C(/C)C4=N[C@@](C)([C@@H]5N=C1[C@](C)(CCC(=O)NC[C@@H](C)OP(=O)(O)O[C@H]1[C@@H](O)[C@@H](n6cnc(F)c6)O[C@@H]1CO)[C@H]5CC(N)=O)[C@@](C)(CC(N)=O)[C@@H]4CCC(N)=O)[C@@](C)(CC(N)=O)[C@@H]3CCC(N)=O)C(C)(C)[C@@H]/2CCC(N)=O. The van der Waals surface area contributed by atoms with Crippen LogP contribution in [0.1, 0.15) is 139 Å². The Balaban J connectivity index is 1.35. The number of amides is 7. The van der Waals surface area contributed by atoms with Crippen LogP contribution in [0.3, 0.4) is 0 Å². The number of halogens is 1. The number of ether oxygens (including phenoxy) is 1. The van der Waals surface area contributed by atoms with Crippen LogP contribution in [0.4, 0.5) is 4.39 Å². The standard InChI is InChI=1S/C56H83FN13O14P/c1-26(83-85(80,81)84-47-34(24-71)82-51(46(47)79)70-23-36(57)65-25-70)22-64-43(78)16-17-53(6)32(18-40(61)75)50-56(9)55(8,21-42(63)77)31(12-15-39(60)74)45(69-56)28(3)49-54(7,20-41(62)76)29(10-13-37(58)72)33(66-49)19-35-52(4,5)30(11-14-38(59)73)44(67-35)27(2)48(53)68-50/h19,23,25-26,29-32,34,46-47,50-51,66,71,79H,10-18,20-22,24H2,1-9H3,(H2,58,72)(H2,59,73)(H2,60,74)(H2,61,75)(H2,62,76)(H2,63,77)(H,64,78)(H,80,81)/b33-19-,44-27-,49-28-/t26-,29-,30-,31-,32+,34-,46-,47-,50-,51+,53-,54+,55+,56+/m1/s1. The molecule has 6 aliphatic rings. The van der Waals surface area contributed by atoms with Crippen molar-refractivity contribution in [2.45, 2.75) is 175 Å². The average Bonchev–Trinajstić information content (AvgIpc) is 1.57. The third-order valence-electron chi connectivity index (χ3n) is 19.0. The molecule has 8 bridgehead atoms. The summed E-state index contributed by atoms with van der Waals surface area (Å²) in [5, 5.41) is 27.3. The molecule has 7 amide bonds. The quantitative estimate of drug-likeness (QED) is 0.0586. The fourth-order valence-corrected chi connectivity index (χ4v) is 15.6. The first-order chi connectivity index (χ1) is 39.4. The number of imidazole rings is 1. The van der Waals surface area contributed by atoms with Crippen LogP contribution in [0.2, 0.25) is 0 Å². The molecule has 29 heteroatoms. The molecule has 85 heavy (non-hydrogen) atoms. The van der Waals surface area contributed by atoms with E-state index in [1.807, 2.05) is 54.5 Å². The molecular weight excluding hydrogens is 1130 g/mol. The number of nitrogens with zero attached hydrogens (tertiary/aromatic N) is 5. The van der Waals surface area contributed by atoms with E-state index in [2.05, 4.69) is 15.6 Å². The summed E-state index contributed by atoms with van der Waals surface area (Å²) in [7, 11) is -5.09. The van der Waals surface area contributed by atoms with Gasteiger partial charge in [-0.05, 0) is 70.6 Å². The Morgan fingerprint density at radius 2 is 1.45 bits per heavy atom. The molecule has 15 atom stereocenters. The van der Waals surface area contributed by atoms with Gasteiger partial charge in [0.2, 0.25) is 47.3 Å². The van der Waals surface area contributed by atoms with Gasteiger partial charge in [-0.3, -0.25) is 57.6 Å². The molecule has 0 spiro atoms. The maximum Gasteiger partial charge on any atom is 0.472 e. The van der Waals surface area contributed by atoms with Crippen LogP contribution in [0.25, 0.3) is 0 Å². The third-order valence-corrected chi connectivity index (χ3v) is 20.1. The van der Waals surface area contributed by atoms with Crippen LogP contribution in [0.5, 0.6) is 0 Å². The predicted octanol–water partition coefficient (Wildman–Crippen LogP) is 1.53. The zero-order valence-electron chi connectivity index (χ0n) is 49.6. The van der Waals surface area contributed by atoms with Crippen LogP contribution in [-0.4, -0.2) is 132 Å². The second kappa shape index (κ2) is 24.7. The van der Waals surface area contributed by atoms with Gasteiger partial charge >= 0.3 is 7.82 Å². The number of allylic oxidation sites excluding steroid dienone is 6. The number of aliphatic imine (C=N–C) groups is 3. The molecule has 1 aromatic rings. The number of nitrogens with two attached hydrogens (primary N) is 6. The van der Waals surface area contributed by atoms with E-state index in [0.29, 0.717) is 45.4 Å². The van der Waals surface area contributed by atoms with E-state index in [1.165, 1.54) is 6.92 Å². The van der Waals surface area contributed by atoms with E-state index < -0.39 is 149 Å². The first-order valence-electron chi connectivity index (χ1n) is 28.4. The average molecular weight is 1210 g/mol. The van der Waals surface area contributed by atoms with Gasteiger partial charge in [-0.2, -0.15) is 4.39 Å². The van der Waals surface area contributed by atoms with E-state index in [0.717, 1.165) is 17.1 Å². The zero-order chi connectivity index (χ0) is 63.3. The molecule has 0 aromatic carbocycles. The van der Waals surface area contributed by atoms with Gasteiger partial charge in [0, 0.05) is 131 Å². The van der Waals surface area contributed by atoms with Crippen LogP contribution in [0.15, 0.2) is 61.8 Å². The van der Waals surface area contributed by atoms with Gasteiger partial charge in [0.1, 0.15) is 24.6 Å². The minimum atomic E-state index is -5.09. The van der Waals surface area contributed by atoms with Crippen LogP contribution in [0, 0.1) is 51.3 Å². The van der Waals surface area contributed by atoms with Crippen molar-refractivity contribution in [2.24, 2.45) is 94.7 Å². The molecule has 0 saturated carbocycles. The molecule has 0 aliphatic carbocycles. The topological polar surface area (TPSA) is 460 Å². The van der Waals surface area contributed by atoms with Crippen molar-refractivity contribution in [3.05, 3.63) is 52.8 Å². The van der Waals surface area contributed by atoms with E-state index in [-0.39, 0.29) is 77.2 Å². The number of hydrogen-bond acceptors (Lipinski definition) is 18. The molecule has 2 fully saturated rings. The first-order valence-corrected chi connectivity index (χ1v) is 29.9. The normalized spacial score (nSPS) is 35.5. The van der Waals surface area contributed by atoms with E-state index in [4.69, 9.17) is 63.2 Å². The lowest BCUT2D eigenvalue weighted by atomic mass is 9.55. The van der Waals surface area contributed by atoms with Crippen molar-refractivity contribution in [3.63, 3.8) is 0 Å². The van der Waals surface area contributed by atoms with Gasteiger partial charge in [-0.1, -0.05) is 34.6 Å². The predicted molar refractivity (Wildman–Crippen MR) is 307 cm³/mol. The van der Waals surface area contributed by atoms with Gasteiger partial charge in [-0.25, -0.2) is 9.55 Å². The number of aromatic nitrogens is 2. The molecule has 27 nitrogen and oxygen atoms in total. The summed E-state index contributed by atoms with van der Waals surface area (Å²) in [6.45, 7) is 15.1. The number of carbonyl (C=O) groups is 7. The lowest BCUT2D eigenvalue weighted by Crippen LogP contribution is -2.56. The number of phosphoric ester groups is 1. The van der Waals surface area contributed by atoms with Crippen molar-refractivity contribution in [2.75, 3.05) is 13.2 Å². The zero-order valence-corrected chi connectivity index (χ0v) is 50.5. The van der Waals surface area contributed by atoms with Crippen molar-refractivity contribution >= 4 is 66.3 Å². The number of carbonyl (C=O) groups excluding carboxylic acids is 7. The minimum Gasteiger partial charge on any atom is -0.394 e.